The molecular weight excluding hydrogens is 344 g/mol. The quantitative estimate of drug-likeness (QED) is 0.710. The second kappa shape index (κ2) is 7.30. The van der Waals surface area contributed by atoms with Gasteiger partial charge >= 0.3 is 0 Å². The molecule has 1 N–H and O–H groups in total. The molecule has 0 saturated carbocycles. The zero-order chi connectivity index (χ0) is 18.7. The zero-order valence-electron chi connectivity index (χ0n) is 15.2. The molecule has 0 unspecified atom stereocenters. The third kappa shape index (κ3) is 3.94. The molecule has 0 aliphatic heterocycles. The van der Waals surface area contributed by atoms with E-state index < -0.39 is 10.0 Å². The van der Waals surface area contributed by atoms with Gasteiger partial charge in [0.1, 0.15) is 5.82 Å². The van der Waals surface area contributed by atoms with Crippen LogP contribution in [0.3, 0.4) is 0 Å². The summed E-state index contributed by atoms with van der Waals surface area (Å²) in [4.78, 5) is 4.46. The molecule has 134 valence electrons. The molecule has 5 heteroatoms. The van der Waals surface area contributed by atoms with Gasteiger partial charge in [-0.05, 0) is 60.7 Å². The van der Waals surface area contributed by atoms with Crippen LogP contribution in [-0.4, -0.2) is 13.4 Å². The van der Waals surface area contributed by atoms with E-state index in [0.717, 1.165) is 23.2 Å². The van der Waals surface area contributed by atoms with Crippen molar-refractivity contribution in [3.05, 3.63) is 77.5 Å². The number of hydrogen-bond acceptors (Lipinski definition) is 3. The van der Waals surface area contributed by atoms with Crippen molar-refractivity contribution in [3.63, 3.8) is 0 Å². The lowest BCUT2D eigenvalue weighted by Gasteiger charge is -2.12. The van der Waals surface area contributed by atoms with Gasteiger partial charge in [-0.2, -0.15) is 0 Å². The number of nitrogens with one attached hydrogen (secondary N) is 1. The van der Waals surface area contributed by atoms with Crippen molar-refractivity contribution in [2.75, 3.05) is 4.72 Å². The van der Waals surface area contributed by atoms with E-state index in [-0.39, 0.29) is 4.90 Å². The summed E-state index contributed by atoms with van der Waals surface area (Å²) >= 11 is 0. The third-order valence-corrected chi connectivity index (χ3v) is 5.80. The van der Waals surface area contributed by atoms with Gasteiger partial charge in [-0.1, -0.05) is 49.4 Å². The molecule has 1 aromatic heterocycles. The molecule has 0 radical (unpaired) electrons. The first-order valence-corrected chi connectivity index (χ1v) is 10.0. The molecule has 0 atom stereocenters. The van der Waals surface area contributed by atoms with Crippen molar-refractivity contribution in [2.24, 2.45) is 0 Å². The molecule has 0 aliphatic carbocycles. The van der Waals surface area contributed by atoms with Crippen molar-refractivity contribution in [1.29, 1.82) is 0 Å². The maximum Gasteiger partial charge on any atom is 0.263 e. The number of aryl methyl sites for hydroxylation is 3. The van der Waals surface area contributed by atoms with Crippen LogP contribution in [0.5, 0.6) is 0 Å². The van der Waals surface area contributed by atoms with E-state index in [2.05, 4.69) is 40.9 Å². The summed E-state index contributed by atoms with van der Waals surface area (Å²) in [5.41, 5.74) is 4.80. The minimum atomic E-state index is -3.68. The van der Waals surface area contributed by atoms with Crippen molar-refractivity contribution < 1.29 is 8.42 Å². The van der Waals surface area contributed by atoms with E-state index in [4.69, 9.17) is 0 Å². The van der Waals surface area contributed by atoms with Gasteiger partial charge in [0.05, 0.1) is 4.90 Å². The van der Waals surface area contributed by atoms with Crippen LogP contribution in [0.2, 0.25) is 0 Å². The van der Waals surface area contributed by atoms with Crippen LogP contribution >= 0.6 is 0 Å². The fourth-order valence-corrected chi connectivity index (χ4v) is 4.08. The Bertz CT molecular complexity index is 1030. The van der Waals surface area contributed by atoms with Crippen LogP contribution < -0.4 is 4.72 Å². The van der Waals surface area contributed by atoms with Crippen LogP contribution in [0.15, 0.2) is 65.6 Å². The summed E-state index contributed by atoms with van der Waals surface area (Å²) in [7, 11) is -3.68. The van der Waals surface area contributed by atoms with Gasteiger partial charge in [0.15, 0.2) is 0 Å². The second-order valence-corrected chi connectivity index (χ2v) is 7.95. The first kappa shape index (κ1) is 18.1. The van der Waals surface area contributed by atoms with Crippen LogP contribution in [-0.2, 0) is 16.4 Å². The van der Waals surface area contributed by atoms with E-state index in [1.165, 1.54) is 5.56 Å². The van der Waals surface area contributed by atoms with Crippen LogP contribution in [0.25, 0.3) is 11.1 Å². The minimum Gasteiger partial charge on any atom is -0.263 e. The SMILES string of the molecule is CCc1ccc(-c2ccc(S(=O)(=O)Nc3cccc(C)n3)c(C)c2)cc1. The molecule has 26 heavy (non-hydrogen) atoms. The van der Waals surface area contributed by atoms with Crippen molar-refractivity contribution in [1.82, 2.24) is 4.98 Å². The zero-order valence-corrected chi connectivity index (χ0v) is 16.0. The number of anilines is 1. The lowest BCUT2D eigenvalue weighted by atomic mass is 10.0. The molecule has 4 nitrogen and oxygen atoms in total. The van der Waals surface area contributed by atoms with Gasteiger partial charge in [0.2, 0.25) is 0 Å². The monoisotopic (exact) mass is 366 g/mol. The first-order chi connectivity index (χ1) is 12.4. The number of sulfonamides is 1. The smallest absolute Gasteiger partial charge is 0.263 e. The third-order valence-electron chi connectivity index (χ3n) is 4.29. The Morgan fingerprint density at radius 2 is 1.62 bits per heavy atom. The highest BCUT2D eigenvalue weighted by atomic mass is 32.2. The lowest BCUT2D eigenvalue weighted by molar-refractivity contribution is 0.600. The summed E-state index contributed by atoms with van der Waals surface area (Å²) in [6.45, 7) is 5.75. The molecule has 3 rings (SSSR count). The molecule has 0 bridgehead atoms. The first-order valence-electron chi connectivity index (χ1n) is 8.55. The topological polar surface area (TPSA) is 59.1 Å². The average molecular weight is 366 g/mol. The number of pyridine rings is 1. The standard InChI is InChI=1S/C21H22N2O2S/c1-4-17-8-10-18(11-9-17)19-12-13-20(15(2)14-19)26(24,25)23-21-7-5-6-16(3)22-21/h5-14H,4H2,1-3H3,(H,22,23). The van der Waals surface area contributed by atoms with E-state index in [9.17, 15) is 8.42 Å². The van der Waals surface area contributed by atoms with Gasteiger partial charge in [-0.25, -0.2) is 13.4 Å². The van der Waals surface area contributed by atoms with Crippen molar-refractivity contribution in [3.8, 4) is 11.1 Å². The minimum absolute atomic E-state index is 0.259. The second-order valence-electron chi connectivity index (χ2n) is 6.30. The van der Waals surface area contributed by atoms with E-state index in [0.29, 0.717) is 11.4 Å². The summed E-state index contributed by atoms with van der Waals surface area (Å²) in [5.74, 6) is 0.323. The van der Waals surface area contributed by atoms with Gasteiger partial charge in [-0.3, -0.25) is 4.72 Å². The fraction of sp³-hybridized carbons (Fsp3) is 0.190. The van der Waals surface area contributed by atoms with Crippen molar-refractivity contribution >= 4 is 15.8 Å². The molecule has 0 fully saturated rings. The number of aromatic nitrogens is 1. The largest absolute Gasteiger partial charge is 0.263 e. The fourth-order valence-electron chi connectivity index (χ4n) is 2.86. The van der Waals surface area contributed by atoms with Gasteiger partial charge < -0.3 is 0 Å². The van der Waals surface area contributed by atoms with E-state index in [1.807, 2.05) is 32.0 Å². The van der Waals surface area contributed by atoms with Crippen LogP contribution in [0.1, 0.15) is 23.7 Å². The van der Waals surface area contributed by atoms with Crippen LogP contribution in [0, 0.1) is 13.8 Å². The predicted octanol–water partition coefficient (Wildman–Crippen LogP) is 4.73. The highest BCUT2D eigenvalue weighted by molar-refractivity contribution is 7.92. The number of nitrogens with zero attached hydrogens (tertiary/aromatic N) is 1. The number of benzene rings is 2. The molecule has 0 spiro atoms. The molecule has 0 aliphatic rings. The maximum absolute atomic E-state index is 12.7. The van der Waals surface area contributed by atoms with E-state index in [1.54, 1.807) is 18.2 Å². The summed E-state index contributed by atoms with van der Waals surface area (Å²) in [5, 5.41) is 0. The van der Waals surface area contributed by atoms with Gasteiger partial charge in [-0.15, -0.1) is 0 Å². The normalized spacial score (nSPS) is 11.3. The lowest BCUT2D eigenvalue weighted by Crippen LogP contribution is -2.15. The highest BCUT2D eigenvalue weighted by Crippen LogP contribution is 2.26. The molecule has 3 aromatic rings. The number of rotatable bonds is 5. The molecule has 0 amide bonds. The molecule has 1 heterocycles. The summed E-state index contributed by atoms with van der Waals surface area (Å²) in [6.07, 6.45) is 0.995. The average Bonchev–Trinajstić information content (AvgIpc) is 2.61. The Kier molecular flexibility index (Phi) is 5.09. The molecule has 0 saturated heterocycles. The van der Waals surface area contributed by atoms with Gasteiger partial charge in [0.25, 0.3) is 10.0 Å². The summed E-state index contributed by atoms with van der Waals surface area (Å²) in [6, 6.07) is 19.0. The molecule has 2 aromatic carbocycles. The summed E-state index contributed by atoms with van der Waals surface area (Å²) < 4.78 is 28.0. The Morgan fingerprint density at radius 1 is 0.923 bits per heavy atom. The Labute approximate surface area is 155 Å². The van der Waals surface area contributed by atoms with E-state index >= 15 is 0 Å². The Hall–Kier alpha value is -2.66. The van der Waals surface area contributed by atoms with Gasteiger partial charge in [0, 0.05) is 5.69 Å². The predicted molar refractivity (Wildman–Crippen MR) is 106 cm³/mol. The highest BCUT2D eigenvalue weighted by Gasteiger charge is 2.18. The molecular formula is C21H22N2O2S. The Morgan fingerprint density at radius 3 is 2.23 bits per heavy atom. The van der Waals surface area contributed by atoms with Crippen LogP contribution in [0.4, 0.5) is 5.82 Å². The van der Waals surface area contributed by atoms with Crippen molar-refractivity contribution in [2.45, 2.75) is 32.1 Å². The maximum atomic E-state index is 12.7. The Balaban J connectivity index is 1.90. The number of hydrogen-bond donors (Lipinski definition) is 1.